The fraction of sp³-hybridized carbons (Fsp3) is 0.300. The number of aromatic nitrogens is 1. The van der Waals surface area contributed by atoms with Gasteiger partial charge in [0, 0.05) is 7.05 Å². The van der Waals surface area contributed by atoms with Crippen molar-refractivity contribution in [2.75, 3.05) is 18.9 Å². The molecule has 0 atom stereocenters. The summed E-state index contributed by atoms with van der Waals surface area (Å²) in [5.41, 5.74) is 3.60. The number of nitrogens with one attached hydrogen (secondary N) is 2. The molecule has 0 aromatic carbocycles. The normalized spacial score (nSPS) is 10.9. The van der Waals surface area contributed by atoms with Crippen LogP contribution in [0.1, 0.15) is 16.1 Å². The van der Waals surface area contributed by atoms with Gasteiger partial charge in [0.1, 0.15) is 11.5 Å². The molecule has 0 radical (unpaired) electrons. The Hall–Kier alpha value is -2.32. The van der Waals surface area contributed by atoms with Crippen LogP contribution in [0, 0.1) is 0 Å². The first-order valence-corrected chi connectivity index (χ1v) is 5.08. The van der Waals surface area contributed by atoms with Crippen molar-refractivity contribution < 1.29 is 22.8 Å². The maximum absolute atomic E-state index is 12.5. The highest BCUT2D eigenvalue weighted by Gasteiger charge is 2.33. The number of likely N-dealkylation sites (N-methyl/N-ethyl adjacent to an activating group) is 1. The van der Waals surface area contributed by atoms with Gasteiger partial charge in [-0.05, 0) is 12.1 Å². The molecule has 0 spiro atoms. The number of hydrogen-bond acceptors (Lipinski definition) is 4. The average Bonchev–Trinajstić information content (AvgIpc) is 2.34. The lowest BCUT2D eigenvalue weighted by molar-refractivity contribution is -0.141. The molecule has 9 heteroatoms. The van der Waals surface area contributed by atoms with Crippen molar-refractivity contribution in [2.24, 2.45) is 5.73 Å². The SMILES string of the molecule is CNC(=O)CNc1nc(C(F)(F)F)ccc1C(N)=O. The molecule has 0 aliphatic heterocycles. The Bertz CT molecular complexity index is 502. The summed E-state index contributed by atoms with van der Waals surface area (Å²) in [5, 5.41) is 4.59. The van der Waals surface area contributed by atoms with E-state index in [1.165, 1.54) is 7.05 Å². The molecule has 19 heavy (non-hydrogen) atoms. The van der Waals surface area contributed by atoms with E-state index >= 15 is 0 Å². The molecular weight excluding hydrogens is 265 g/mol. The minimum absolute atomic E-state index is 0.225. The lowest BCUT2D eigenvalue weighted by Crippen LogP contribution is -2.28. The van der Waals surface area contributed by atoms with E-state index in [4.69, 9.17) is 5.73 Å². The second kappa shape index (κ2) is 5.55. The molecular formula is C10H11F3N4O2. The van der Waals surface area contributed by atoms with Crippen LogP contribution >= 0.6 is 0 Å². The first-order chi connectivity index (χ1) is 8.75. The molecule has 0 unspecified atom stereocenters. The number of amides is 2. The van der Waals surface area contributed by atoms with E-state index in [2.05, 4.69) is 15.6 Å². The molecule has 6 nitrogen and oxygen atoms in total. The highest BCUT2D eigenvalue weighted by Crippen LogP contribution is 2.29. The fourth-order valence-corrected chi connectivity index (χ4v) is 1.20. The number of nitrogens with zero attached hydrogens (tertiary/aromatic N) is 1. The van der Waals surface area contributed by atoms with Crippen molar-refractivity contribution in [1.82, 2.24) is 10.3 Å². The number of rotatable bonds is 4. The van der Waals surface area contributed by atoms with Gasteiger partial charge in [0.15, 0.2) is 0 Å². The third kappa shape index (κ3) is 3.83. The molecule has 0 aliphatic carbocycles. The molecule has 0 fully saturated rings. The molecule has 4 N–H and O–H groups in total. The van der Waals surface area contributed by atoms with Crippen molar-refractivity contribution in [2.45, 2.75) is 6.18 Å². The van der Waals surface area contributed by atoms with Crippen molar-refractivity contribution in [3.05, 3.63) is 23.4 Å². The molecule has 1 aromatic rings. The van der Waals surface area contributed by atoms with E-state index in [0.717, 1.165) is 6.07 Å². The Morgan fingerprint density at radius 3 is 2.47 bits per heavy atom. The van der Waals surface area contributed by atoms with Gasteiger partial charge >= 0.3 is 6.18 Å². The predicted octanol–water partition coefficient (Wildman–Crippen LogP) is 0.357. The minimum Gasteiger partial charge on any atom is -0.365 e. The molecule has 1 heterocycles. The summed E-state index contributed by atoms with van der Waals surface area (Å²) in [7, 11) is 1.36. The zero-order valence-corrected chi connectivity index (χ0v) is 9.84. The molecule has 104 valence electrons. The van der Waals surface area contributed by atoms with Gasteiger partial charge in [-0.15, -0.1) is 0 Å². The van der Waals surface area contributed by atoms with E-state index in [9.17, 15) is 22.8 Å². The second-order valence-corrected chi connectivity index (χ2v) is 3.48. The van der Waals surface area contributed by atoms with Crippen LogP contribution in [0.2, 0.25) is 0 Å². The maximum atomic E-state index is 12.5. The number of carbonyl (C=O) groups is 2. The summed E-state index contributed by atoms with van der Waals surface area (Å²) >= 11 is 0. The molecule has 0 saturated heterocycles. The number of halogens is 3. The van der Waals surface area contributed by atoms with Crippen LogP contribution in [0.3, 0.4) is 0 Å². The Morgan fingerprint density at radius 1 is 1.37 bits per heavy atom. The lowest BCUT2D eigenvalue weighted by atomic mass is 10.2. The maximum Gasteiger partial charge on any atom is 0.433 e. The highest BCUT2D eigenvalue weighted by molar-refractivity contribution is 5.98. The highest BCUT2D eigenvalue weighted by atomic mass is 19.4. The van der Waals surface area contributed by atoms with Crippen LogP contribution in [0.4, 0.5) is 19.0 Å². The van der Waals surface area contributed by atoms with E-state index < -0.39 is 23.7 Å². The zero-order chi connectivity index (χ0) is 14.6. The number of anilines is 1. The van der Waals surface area contributed by atoms with Gasteiger partial charge in [-0.3, -0.25) is 9.59 Å². The topological polar surface area (TPSA) is 97.1 Å². The van der Waals surface area contributed by atoms with Crippen molar-refractivity contribution >= 4 is 17.6 Å². The summed E-state index contributed by atoms with van der Waals surface area (Å²) in [5.74, 6) is -1.80. The predicted molar refractivity (Wildman–Crippen MR) is 60.3 cm³/mol. The third-order valence-electron chi connectivity index (χ3n) is 2.15. The summed E-state index contributed by atoms with van der Waals surface area (Å²) < 4.78 is 37.4. The van der Waals surface area contributed by atoms with Crippen LogP contribution in [-0.4, -0.2) is 30.4 Å². The first-order valence-electron chi connectivity index (χ1n) is 5.08. The van der Waals surface area contributed by atoms with Gasteiger partial charge < -0.3 is 16.4 Å². The summed E-state index contributed by atoms with van der Waals surface area (Å²) in [6, 6.07) is 1.55. The second-order valence-electron chi connectivity index (χ2n) is 3.48. The van der Waals surface area contributed by atoms with Crippen molar-refractivity contribution in [3.8, 4) is 0 Å². The Kier molecular flexibility index (Phi) is 4.30. The summed E-state index contributed by atoms with van der Waals surface area (Å²) in [4.78, 5) is 25.3. The number of carbonyl (C=O) groups excluding carboxylic acids is 2. The number of pyridine rings is 1. The standard InChI is InChI=1S/C10H11F3N4O2/c1-15-7(18)4-16-9-5(8(14)19)2-3-6(17-9)10(11,12)13/h2-3H,4H2,1H3,(H2,14,19)(H,15,18)(H,16,17). The van der Waals surface area contributed by atoms with E-state index in [1.54, 1.807) is 0 Å². The van der Waals surface area contributed by atoms with Gasteiger partial charge in [-0.1, -0.05) is 0 Å². The van der Waals surface area contributed by atoms with Gasteiger partial charge in [-0.2, -0.15) is 13.2 Å². The largest absolute Gasteiger partial charge is 0.433 e. The minimum atomic E-state index is -4.65. The Morgan fingerprint density at radius 2 is 2.00 bits per heavy atom. The van der Waals surface area contributed by atoms with Crippen LogP contribution in [0.15, 0.2) is 12.1 Å². The summed E-state index contributed by atoms with van der Waals surface area (Å²) in [6.45, 7) is -0.328. The number of primary amides is 1. The quantitative estimate of drug-likeness (QED) is 0.739. The van der Waals surface area contributed by atoms with E-state index in [1.807, 2.05) is 0 Å². The number of nitrogens with two attached hydrogens (primary N) is 1. The van der Waals surface area contributed by atoms with Crippen LogP contribution in [0.5, 0.6) is 0 Å². The lowest BCUT2D eigenvalue weighted by Gasteiger charge is -2.12. The fourth-order valence-electron chi connectivity index (χ4n) is 1.20. The molecule has 1 rings (SSSR count). The van der Waals surface area contributed by atoms with Crippen molar-refractivity contribution in [3.63, 3.8) is 0 Å². The average molecular weight is 276 g/mol. The monoisotopic (exact) mass is 276 g/mol. The van der Waals surface area contributed by atoms with Crippen LogP contribution < -0.4 is 16.4 Å². The van der Waals surface area contributed by atoms with E-state index in [0.29, 0.717) is 6.07 Å². The van der Waals surface area contributed by atoms with Gasteiger partial charge in [-0.25, -0.2) is 4.98 Å². The number of alkyl halides is 3. The van der Waals surface area contributed by atoms with E-state index in [-0.39, 0.29) is 17.9 Å². The van der Waals surface area contributed by atoms with Crippen LogP contribution in [0.25, 0.3) is 0 Å². The van der Waals surface area contributed by atoms with Crippen LogP contribution in [-0.2, 0) is 11.0 Å². The third-order valence-corrected chi connectivity index (χ3v) is 2.15. The number of hydrogen-bond donors (Lipinski definition) is 3. The molecule has 0 aliphatic rings. The summed E-state index contributed by atoms with van der Waals surface area (Å²) in [6.07, 6.45) is -4.65. The zero-order valence-electron chi connectivity index (χ0n) is 9.84. The van der Waals surface area contributed by atoms with Crippen molar-refractivity contribution in [1.29, 1.82) is 0 Å². The first kappa shape index (κ1) is 14.7. The Balaban J connectivity index is 3.09. The Labute approximate surface area is 106 Å². The van der Waals surface area contributed by atoms with Gasteiger partial charge in [0.25, 0.3) is 5.91 Å². The molecule has 1 aromatic heterocycles. The van der Waals surface area contributed by atoms with Gasteiger partial charge in [0.05, 0.1) is 12.1 Å². The van der Waals surface area contributed by atoms with Gasteiger partial charge in [0.2, 0.25) is 5.91 Å². The molecule has 0 bridgehead atoms. The molecule has 2 amide bonds. The smallest absolute Gasteiger partial charge is 0.365 e. The molecule has 0 saturated carbocycles.